The fourth-order valence-electron chi connectivity index (χ4n) is 2.67. The summed E-state index contributed by atoms with van der Waals surface area (Å²) in [5.41, 5.74) is 3.40. The van der Waals surface area contributed by atoms with Crippen molar-refractivity contribution in [2.75, 3.05) is 25.6 Å². The Labute approximate surface area is 157 Å². The Kier molecular flexibility index (Phi) is 5.97. The number of hydrogen-bond acceptors (Lipinski definition) is 7. The van der Waals surface area contributed by atoms with Gasteiger partial charge in [0, 0.05) is 19.3 Å². The summed E-state index contributed by atoms with van der Waals surface area (Å²) in [6.07, 6.45) is 1.75. The zero-order chi connectivity index (χ0) is 18.5. The van der Waals surface area contributed by atoms with Gasteiger partial charge in [-0.05, 0) is 50.2 Å². The Morgan fingerprint density at radius 3 is 2.88 bits per heavy atom. The Hall–Kier alpha value is -2.29. The molecule has 0 bridgehead atoms. The number of aryl methyl sites for hydroxylation is 1. The Balaban J connectivity index is 2.07. The second-order valence-corrected chi connectivity index (χ2v) is 6.12. The van der Waals surface area contributed by atoms with Gasteiger partial charge in [-0.1, -0.05) is 0 Å². The molecule has 8 nitrogen and oxygen atoms in total. The van der Waals surface area contributed by atoms with Crippen molar-refractivity contribution in [3.05, 3.63) is 34.9 Å². The molecule has 0 aromatic carbocycles. The Morgan fingerprint density at radius 2 is 2.15 bits per heavy atom. The molecule has 3 aromatic rings. The molecule has 3 heterocycles. The molecular formula is C17H22ClN7O. The highest BCUT2D eigenvalue weighted by Gasteiger charge is 2.18. The molecule has 0 aliphatic rings. The molecule has 0 atom stereocenters. The van der Waals surface area contributed by atoms with Gasteiger partial charge in [0.05, 0.1) is 13.2 Å². The van der Waals surface area contributed by atoms with Crippen molar-refractivity contribution in [1.82, 2.24) is 30.0 Å². The summed E-state index contributed by atoms with van der Waals surface area (Å²) in [7, 11) is 1.86. The van der Waals surface area contributed by atoms with E-state index in [2.05, 4.69) is 30.7 Å². The molecule has 26 heavy (non-hydrogen) atoms. The van der Waals surface area contributed by atoms with Crippen LogP contribution in [0.15, 0.2) is 18.3 Å². The fourth-order valence-corrected chi connectivity index (χ4v) is 2.84. The van der Waals surface area contributed by atoms with Crippen LogP contribution in [0.2, 0.25) is 5.28 Å². The van der Waals surface area contributed by atoms with Crippen molar-refractivity contribution in [3.63, 3.8) is 0 Å². The largest absolute Gasteiger partial charge is 0.380 e. The predicted octanol–water partition coefficient (Wildman–Crippen LogP) is 2.68. The van der Waals surface area contributed by atoms with Gasteiger partial charge in [0.15, 0.2) is 5.82 Å². The van der Waals surface area contributed by atoms with E-state index in [0.717, 1.165) is 16.8 Å². The van der Waals surface area contributed by atoms with Gasteiger partial charge in [-0.15, -0.1) is 0 Å². The minimum Gasteiger partial charge on any atom is -0.380 e. The van der Waals surface area contributed by atoms with Crippen molar-refractivity contribution < 1.29 is 4.74 Å². The number of rotatable bonds is 8. The number of hydrogen-bond donors (Lipinski definition) is 2. The number of aromatic nitrogens is 5. The van der Waals surface area contributed by atoms with Crippen molar-refractivity contribution in [3.8, 4) is 0 Å². The summed E-state index contributed by atoms with van der Waals surface area (Å²) in [6, 6.07) is 3.88. The maximum atomic E-state index is 6.16. The quantitative estimate of drug-likeness (QED) is 0.462. The first-order chi connectivity index (χ1) is 12.6. The fraction of sp³-hybridized carbons (Fsp3) is 0.412. The molecule has 0 unspecified atom stereocenters. The normalized spacial score (nSPS) is 11.2. The molecule has 3 aromatic heterocycles. The number of pyridine rings is 1. The molecule has 0 aliphatic heterocycles. The number of nitrogens with zero attached hydrogens (tertiary/aromatic N) is 5. The summed E-state index contributed by atoms with van der Waals surface area (Å²) in [5.74, 6) is 1.26. The van der Waals surface area contributed by atoms with Crippen molar-refractivity contribution in [1.29, 1.82) is 0 Å². The maximum Gasteiger partial charge on any atom is 0.225 e. The Morgan fingerprint density at radius 1 is 1.31 bits per heavy atom. The van der Waals surface area contributed by atoms with E-state index in [0.29, 0.717) is 43.5 Å². The lowest BCUT2D eigenvalue weighted by Crippen LogP contribution is -2.10. The van der Waals surface area contributed by atoms with Crippen LogP contribution in [-0.2, 0) is 17.8 Å². The van der Waals surface area contributed by atoms with Gasteiger partial charge in [-0.2, -0.15) is 10.1 Å². The first kappa shape index (κ1) is 18.5. The zero-order valence-electron chi connectivity index (χ0n) is 15.1. The van der Waals surface area contributed by atoms with Gasteiger partial charge in [-0.3, -0.25) is 4.68 Å². The van der Waals surface area contributed by atoms with Crippen LogP contribution < -0.4 is 10.6 Å². The van der Waals surface area contributed by atoms with Crippen LogP contribution in [0.5, 0.6) is 0 Å². The number of nitrogens with one attached hydrogen (secondary N) is 2. The smallest absolute Gasteiger partial charge is 0.225 e. The molecule has 0 saturated carbocycles. The summed E-state index contributed by atoms with van der Waals surface area (Å²) in [6.45, 7) is 6.35. The zero-order valence-corrected chi connectivity index (χ0v) is 15.8. The third-order valence-corrected chi connectivity index (χ3v) is 3.96. The molecule has 138 valence electrons. The number of fused-ring (bicyclic) bond motifs is 1. The molecule has 2 N–H and O–H groups in total. The van der Waals surface area contributed by atoms with Gasteiger partial charge in [0.1, 0.15) is 22.5 Å². The van der Waals surface area contributed by atoms with E-state index < -0.39 is 0 Å². The molecule has 0 fully saturated rings. The van der Waals surface area contributed by atoms with Crippen LogP contribution in [0.3, 0.4) is 0 Å². The predicted molar refractivity (Wildman–Crippen MR) is 102 cm³/mol. The number of anilines is 2. The van der Waals surface area contributed by atoms with E-state index in [1.165, 1.54) is 0 Å². The lowest BCUT2D eigenvalue weighted by atomic mass is 10.3. The topological polar surface area (TPSA) is 89.8 Å². The first-order valence-electron chi connectivity index (χ1n) is 8.47. The van der Waals surface area contributed by atoms with Crippen LogP contribution in [0.25, 0.3) is 11.0 Å². The lowest BCUT2D eigenvalue weighted by Gasteiger charge is -2.10. The second kappa shape index (κ2) is 8.39. The van der Waals surface area contributed by atoms with Gasteiger partial charge in [0.25, 0.3) is 0 Å². The van der Waals surface area contributed by atoms with E-state index in [4.69, 9.17) is 16.3 Å². The molecule has 0 radical (unpaired) electrons. The second-order valence-electron chi connectivity index (χ2n) is 5.78. The molecule has 9 heteroatoms. The summed E-state index contributed by atoms with van der Waals surface area (Å²) in [4.78, 5) is 13.1. The minimum atomic E-state index is 0.161. The molecular weight excluding hydrogens is 354 g/mol. The maximum absolute atomic E-state index is 6.16. The van der Waals surface area contributed by atoms with E-state index in [1.807, 2.05) is 37.7 Å². The van der Waals surface area contributed by atoms with Crippen LogP contribution >= 0.6 is 11.6 Å². The summed E-state index contributed by atoms with van der Waals surface area (Å²) >= 11 is 6.16. The van der Waals surface area contributed by atoms with E-state index in [1.54, 1.807) is 6.20 Å². The third kappa shape index (κ3) is 4.09. The third-order valence-electron chi connectivity index (χ3n) is 3.79. The van der Waals surface area contributed by atoms with Gasteiger partial charge < -0.3 is 15.4 Å². The molecule has 0 saturated heterocycles. The van der Waals surface area contributed by atoms with Crippen molar-refractivity contribution in [2.24, 2.45) is 0 Å². The van der Waals surface area contributed by atoms with Gasteiger partial charge in [0.2, 0.25) is 5.28 Å². The molecule has 0 aliphatic carbocycles. The lowest BCUT2D eigenvalue weighted by molar-refractivity contribution is 0.137. The minimum absolute atomic E-state index is 0.161. The highest BCUT2D eigenvalue weighted by atomic mass is 35.5. The highest BCUT2D eigenvalue weighted by Crippen LogP contribution is 2.27. The number of ether oxygens (including phenoxy) is 1. The van der Waals surface area contributed by atoms with Crippen LogP contribution in [0.4, 0.5) is 11.6 Å². The monoisotopic (exact) mass is 375 g/mol. The number of halogens is 1. The van der Waals surface area contributed by atoms with E-state index >= 15 is 0 Å². The Bertz CT molecular complexity index is 896. The van der Waals surface area contributed by atoms with E-state index in [-0.39, 0.29) is 5.28 Å². The highest BCUT2D eigenvalue weighted by molar-refractivity contribution is 6.28. The average Bonchev–Trinajstić information content (AvgIpc) is 2.93. The summed E-state index contributed by atoms with van der Waals surface area (Å²) < 4.78 is 7.33. The van der Waals surface area contributed by atoms with Crippen LogP contribution in [-0.4, -0.2) is 45.0 Å². The van der Waals surface area contributed by atoms with Gasteiger partial charge >= 0.3 is 0 Å². The van der Waals surface area contributed by atoms with E-state index in [9.17, 15) is 0 Å². The first-order valence-corrected chi connectivity index (χ1v) is 8.85. The van der Waals surface area contributed by atoms with Crippen LogP contribution in [0.1, 0.15) is 18.2 Å². The molecule has 0 spiro atoms. The summed E-state index contributed by atoms with van der Waals surface area (Å²) in [5, 5.41) is 11.2. The van der Waals surface area contributed by atoms with Crippen molar-refractivity contribution in [2.45, 2.75) is 26.9 Å². The molecule has 3 rings (SSSR count). The average molecular weight is 376 g/mol. The standard InChI is InChI=1S/C17H22ClN7O/c1-4-26-8-7-25-15-14(12(24-25)10-19-3)22-17(18)23-16(15)21-13-9-11(2)5-6-20-13/h5-6,9,19H,4,7-8,10H2,1-3H3,(H,20,21,22,23). The van der Waals surface area contributed by atoms with Crippen LogP contribution in [0, 0.1) is 6.92 Å². The van der Waals surface area contributed by atoms with Gasteiger partial charge in [-0.25, -0.2) is 9.97 Å². The van der Waals surface area contributed by atoms with Crippen molar-refractivity contribution >= 4 is 34.3 Å². The molecule has 0 amide bonds. The SMILES string of the molecule is CCOCCn1nc(CNC)c2nc(Cl)nc(Nc3cc(C)ccn3)c21.